The molecular formula is C16H15F2N5O. The van der Waals surface area contributed by atoms with Crippen molar-refractivity contribution in [2.75, 3.05) is 0 Å². The van der Waals surface area contributed by atoms with Gasteiger partial charge in [0.05, 0.1) is 28.6 Å². The standard InChI is InChI=1S/C16H15F2N5O/c17-10-7-12-13(8-11(10)18)23(9-19-12)6-2-15(24)21-16(3-4-16)14-1-5-20-22-14/h1,5,7-9H,2-4,6H2,(H,20,22)(H,21,24). The monoisotopic (exact) mass is 331 g/mol. The van der Waals surface area contributed by atoms with Crippen molar-refractivity contribution in [3.63, 3.8) is 0 Å². The molecule has 0 saturated heterocycles. The Kier molecular flexibility index (Phi) is 3.33. The number of hydrogen-bond donors (Lipinski definition) is 2. The molecule has 1 amide bonds. The Labute approximate surface area is 135 Å². The van der Waals surface area contributed by atoms with Crippen LogP contribution in [0.5, 0.6) is 0 Å². The minimum absolute atomic E-state index is 0.105. The second-order valence-corrected chi connectivity index (χ2v) is 6.04. The van der Waals surface area contributed by atoms with E-state index in [0.29, 0.717) is 17.6 Å². The molecular weight excluding hydrogens is 316 g/mol. The van der Waals surface area contributed by atoms with E-state index in [0.717, 1.165) is 30.7 Å². The van der Waals surface area contributed by atoms with Gasteiger partial charge in [-0.1, -0.05) is 0 Å². The first-order chi connectivity index (χ1) is 11.6. The van der Waals surface area contributed by atoms with Gasteiger partial charge in [0.25, 0.3) is 0 Å². The van der Waals surface area contributed by atoms with Gasteiger partial charge in [0.2, 0.25) is 5.91 Å². The van der Waals surface area contributed by atoms with E-state index in [9.17, 15) is 13.6 Å². The average molecular weight is 331 g/mol. The molecule has 1 aliphatic carbocycles. The van der Waals surface area contributed by atoms with Crippen molar-refractivity contribution in [2.24, 2.45) is 0 Å². The number of nitrogens with one attached hydrogen (secondary N) is 2. The second-order valence-electron chi connectivity index (χ2n) is 6.04. The van der Waals surface area contributed by atoms with Crippen LogP contribution in [0, 0.1) is 11.6 Å². The van der Waals surface area contributed by atoms with E-state index in [1.165, 1.54) is 6.33 Å². The number of aryl methyl sites for hydroxylation is 1. The lowest BCUT2D eigenvalue weighted by atomic mass is 10.2. The molecule has 0 atom stereocenters. The number of amides is 1. The Hall–Kier alpha value is -2.77. The molecule has 1 saturated carbocycles. The molecule has 24 heavy (non-hydrogen) atoms. The summed E-state index contributed by atoms with van der Waals surface area (Å²) in [6, 6.07) is 4.01. The molecule has 2 aromatic heterocycles. The summed E-state index contributed by atoms with van der Waals surface area (Å²) >= 11 is 0. The number of aromatic amines is 1. The fraction of sp³-hybridized carbons (Fsp3) is 0.312. The maximum absolute atomic E-state index is 13.4. The highest BCUT2D eigenvalue weighted by molar-refractivity contribution is 5.78. The van der Waals surface area contributed by atoms with Gasteiger partial charge in [-0.25, -0.2) is 13.8 Å². The van der Waals surface area contributed by atoms with Crippen molar-refractivity contribution in [2.45, 2.75) is 31.3 Å². The van der Waals surface area contributed by atoms with Crippen LogP contribution in [0.15, 0.2) is 30.7 Å². The molecule has 0 aliphatic heterocycles. The molecule has 3 aromatic rings. The number of H-pyrrole nitrogens is 1. The Morgan fingerprint density at radius 2 is 2.12 bits per heavy atom. The Bertz CT molecular complexity index is 899. The van der Waals surface area contributed by atoms with Gasteiger partial charge in [-0.15, -0.1) is 0 Å². The first kappa shape index (κ1) is 14.8. The lowest BCUT2D eigenvalue weighted by Crippen LogP contribution is -2.35. The number of imidazole rings is 1. The van der Waals surface area contributed by atoms with Gasteiger partial charge in [-0.05, 0) is 18.9 Å². The highest BCUT2D eigenvalue weighted by Crippen LogP contribution is 2.44. The van der Waals surface area contributed by atoms with Gasteiger partial charge >= 0.3 is 0 Å². The zero-order valence-electron chi connectivity index (χ0n) is 12.7. The third kappa shape index (κ3) is 2.53. The van der Waals surface area contributed by atoms with Crippen LogP contribution in [0.1, 0.15) is 25.0 Å². The number of fused-ring (bicyclic) bond motifs is 1. The molecule has 0 spiro atoms. The minimum Gasteiger partial charge on any atom is -0.345 e. The predicted molar refractivity (Wildman–Crippen MR) is 81.9 cm³/mol. The minimum atomic E-state index is -0.930. The topological polar surface area (TPSA) is 75.6 Å². The van der Waals surface area contributed by atoms with Gasteiger partial charge in [0, 0.05) is 31.3 Å². The number of nitrogens with zero attached hydrogens (tertiary/aromatic N) is 3. The number of benzene rings is 1. The average Bonchev–Trinajstić information content (AvgIpc) is 2.99. The number of aromatic nitrogens is 4. The molecule has 0 radical (unpaired) electrons. The molecule has 124 valence electrons. The molecule has 1 aromatic carbocycles. The van der Waals surface area contributed by atoms with Crippen LogP contribution < -0.4 is 5.32 Å². The number of halogens is 2. The van der Waals surface area contributed by atoms with Gasteiger partial charge in [0.1, 0.15) is 0 Å². The lowest BCUT2D eigenvalue weighted by Gasteiger charge is -2.15. The van der Waals surface area contributed by atoms with Crippen LogP contribution in [0.2, 0.25) is 0 Å². The number of rotatable bonds is 5. The Morgan fingerprint density at radius 1 is 1.33 bits per heavy atom. The molecule has 4 rings (SSSR count). The number of carbonyl (C=O) groups is 1. The van der Waals surface area contributed by atoms with Crippen LogP contribution in [-0.2, 0) is 16.9 Å². The van der Waals surface area contributed by atoms with Crippen molar-refractivity contribution in [1.29, 1.82) is 0 Å². The van der Waals surface area contributed by atoms with Crippen LogP contribution in [-0.4, -0.2) is 25.7 Å². The molecule has 2 heterocycles. The highest BCUT2D eigenvalue weighted by atomic mass is 19.2. The van der Waals surface area contributed by atoms with Crippen molar-refractivity contribution in [3.05, 3.63) is 48.1 Å². The summed E-state index contributed by atoms with van der Waals surface area (Å²) in [5, 5.41) is 9.83. The van der Waals surface area contributed by atoms with Crippen molar-refractivity contribution in [1.82, 2.24) is 25.1 Å². The van der Waals surface area contributed by atoms with E-state index in [1.807, 2.05) is 6.07 Å². The molecule has 8 heteroatoms. The van der Waals surface area contributed by atoms with E-state index in [4.69, 9.17) is 0 Å². The summed E-state index contributed by atoms with van der Waals surface area (Å²) in [5.74, 6) is -1.96. The zero-order chi connectivity index (χ0) is 16.7. The molecule has 2 N–H and O–H groups in total. The summed E-state index contributed by atoms with van der Waals surface area (Å²) < 4.78 is 28.2. The summed E-state index contributed by atoms with van der Waals surface area (Å²) in [6.45, 7) is 0.340. The summed E-state index contributed by atoms with van der Waals surface area (Å²) in [7, 11) is 0. The third-order valence-corrected chi connectivity index (χ3v) is 4.39. The van der Waals surface area contributed by atoms with Gasteiger partial charge in [-0.3, -0.25) is 9.89 Å². The lowest BCUT2D eigenvalue weighted by molar-refractivity contribution is -0.122. The smallest absolute Gasteiger partial charge is 0.222 e. The molecule has 0 bridgehead atoms. The van der Waals surface area contributed by atoms with E-state index in [1.54, 1.807) is 10.8 Å². The van der Waals surface area contributed by atoms with E-state index in [-0.39, 0.29) is 17.9 Å². The van der Waals surface area contributed by atoms with Crippen molar-refractivity contribution < 1.29 is 13.6 Å². The molecule has 1 aliphatic rings. The first-order valence-electron chi connectivity index (χ1n) is 7.68. The van der Waals surface area contributed by atoms with E-state index >= 15 is 0 Å². The van der Waals surface area contributed by atoms with Crippen LogP contribution in [0.4, 0.5) is 8.78 Å². The number of hydrogen-bond acceptors (Lipinski definition) is 3. The van der Waals surface area contributed by atoms with Gasteiger partial charge in [0.15, 0.2) is 11.6 Å². The second kappa shape index (κ2) is 5.40. The zero-order valence-corrected chi connectivity index (χ0v) is 12.7. The van der Waals surface area contributed by atoms with Crippen molar-refractivity contribution in [3.8, 4) is 0 Å². The summed E-state index contributed by atoms with van der Waals surface area (Å²) in [4.78, 5) is 16.3. The Balaban J connectivity index is 1.44. The largest absolute Gasteiger partial charge is 0.345 e. The number of carbonyl (C=O) groups excluding carboxylic acids is 1. The van der Waals surface area contributed by atoms with E-state index < -0.39 is 11.6 Å². The van der Waals surface area contributed by atoms with Crippen LogP contribution in [0.25, 0.3) is 11.0 Å². The summed E-state index contributed by atoms with van der Waals surface area (Å²) in [6.07, 6.45) is 5.12. The first-order valence-corrected chi connectivity index (χ1v) is 7.68. The fourth-order valence-electron chi connectivity index (χ4n) is 2.89. The van der Waals surface area contributed by atoms with Crippen molar-refractivity contribution >= 4 is 16.9 Å². The third-order valence-electron chi connectivity index (χ3n) is 4.39. The Morgan fingerprint density at radius 3 is 2.83 bits per heavy atom. The SMILES string of the molecule is O=C(CCn1cnc2cc(F)c(F)cc21)NC1(c2ccn[nH]2)CC1. The normalized spacial score (nSPS) is 15.6. The highest BCUT2D eigenvalue weighted by Gasteiger charge is 2.46. The predicted octanol–water partition coefficient (Wildman–Crippen LogP) is 2.23. The summed E-state index contributed by atoms with van der Waals surface area (Å²) in [5.41, 5.74) is 1.41. The van der Waals surface area contributed by atoms with E-state index in [2.05, 4.69) is 20.5 Å². The van der Waals surface area contributed by atoms with Crippen LogP contribution >= 0.6 is 0 Å². The quantitative estimate of drug-likeness (QED) is 0.753. The van der Waals surface area contributed by atoms with Gasteiger partial charge in [-0.2, -0.15) is 5.10 Å². The maximum Gasteiger partial charge on any atom is 0.222 e. The molecule has 1 fully saturated rings. The van der Waals surface area contributed by atoms with Crippen LogP contribution in [0.3, 0.4) is 0 Å². The molecule has 0 unspecified atom stereocenters. The van der Waals surface area contributed by atoms with Gasteiger partial charge < -0.3 is 9.88 Å². The maximum atomic E-state index is 13.4. The fourth-order valence-corrected chi connectivity index (χ4v) is 2.89. The molecule has 6 nitrogen and oxygen atoms in total.